The minimum atomic E-state index is -0.0395. The maximum atomic E-state index is 6.65. The van der Waals surface area contributed by atoms with E-state index in [0.717, 1.165) is 48.0 Å². The molecule has 6 rings (SSSR count). The lowest BCUT2D eigenvalue weighted by Crippen LogP contribution is -2.34. The van der Waals surface area contributed by atoms with Gasteiger partial charge in [0.2, 0.25) is 0 Å². The molecule has 0 amide bonds. The number of piperidine rings is 1. The van der Waals surface area contributed by atoms with E-state index in [-0.39, 0.29) is 12.0 Å². The molecule has 1 fully saturated rings. The van der Waals surface area contributed by atoms with Crippen LogP contribution in [0.5, 0.6) is 11.5 Å². The van der Waals surface area contributed by atoms with Crippen LogP contribution in [0.15, 0.2) is 72.5 Å². The van der Waals surface area contributed by atoms with Crippen molar-refractivity contribution in [3.8, 4) is 11.5 Å². The van der Waals surface area contributed by atoms with Crippen LogP contribution in [0.4, 0.5) is 0 Å². The third kappa shape index (κ3) is 4.08. The average Bonchev–Trinajstić information content (AvgIpc) is 2.89. The van der Waals surface area contributed by atoms with Gasteiger partial charge in [0.15, 0.2) is 0 Å². The van der Waals surface area contributed by atoms with Crippen molar-refractivity contribution in [1.82, 2.24) is 4.90 Å². The number of nitrogens with zero attached hydrogens (tertiary/aromatic N) is 1. The van der Waals surface area contributed by atoms with Gasteiger partial charge in [-0.25, -0.2) is 0 Å². The Kier molecular flexibility index (Phi) is 5.69. The van der Waals surface area contributed by atoms with Gasteiger partial charge in [-0.2, -0.15) is 0 Å². The van der Waals surface area contributed by atoms with Crippen molar-refractivity contribution in [3.63, 3.8) is 0 Å². The monoisotopic (exact) mass is 441 g/mol. The molecule has 3 heterocycles. The minimum absolute atomic E-state index is 0.0395. The fraction of sp³-hybridized carbons (Fsp3) is 0.379. The van der Waals surface area contributed by atoms with Crippen LogP contribution in [0.25, 0.3) is 11.1 Å². The highest BCUT2D eigenvalue weighted by atomic mass is 16.5. The van der Waals surface area contributed by atoms with Crippen LogP contribution >= 0.6 is 0 Å². The molecule has 1 unspecified atom stereocenters. The normalized spacial score (nSPS) is 24.1. The van der Waals surface area contributed by atoms with Gasteiger partial charge in [0, 0.05) is 34.7 Å². The molecule has 4 nitrogen and oxygen atoms in total. The van der Waals surface area contributed by atoms with E-state index in [2.05, 4.69) is 59.5 Å². The molecule has 1 saturated heterocycles. The molecule has 3 aliphatic heterocycles. The van der Waals surface area contributed by atoms with Crippen LogP contribution in [0.2, 0.25) is 0 Å². The second-order valence-corrected chi connectivity index (χ2v) is 9.33. The van der Waals surface area contributed by atoms with Crippen LogP contribution in [0.1, 0.15) is 36.8 Å². The van der Waals surface area contributed by atoms with Crippen molar-refractivity contribution in [2.75, 3.05) is 32.8 Å². The zero-order chi connectivity index (χ0) is 22.0. The number of rotatable bonds is 5. The second kappa shape index (κ2) is 9.11. The predicted octanol–water partition coefficient (Wildman–Crippen LogP) is 5.71. The highest BCUT2D eigenvalue weighted by Crippen LogP contribution is 2.48. The summed E-state index contributed by atoms with van der Waals surface area (Å²) >= 11 is 0. The standard InChI is InChI=1S/C29H31NO3/c1-6-16-30(17-7-1)18-19-31-22-14-12-21(13-15-22)29-28-24-9-3-4-10-26(24)32-20-25(28)23-8-2-5-11-27(23)33-29/h2-5,8-12,14-15,21,29H,1,6-7,13,16-20H2/t21?,29-/m0/s1. The number of allylic oxidation sites excluding steroid dienone is 2. The van der Waals surface area contributed by atoms with Crippen LogP contribution in [0, 0.1) is 5.92 Å². The molecule has 0 N–H and O–H groups in total. The third-order valence-corrected chi connectivity index (χ3v) is 7.24. The molecule has 0 aromatic heterocycles. The van der Waals surface area contributed by atoms with Gasteiger partial charge in [-0.15, -0.1) is 0 Å². The molecule has 4 heteroatoms. The number of hydrogen-bond acceptors (Lipinski definition) is 4. The van der Waals surface area contributed by atoms with Crippen molar-refractivity contribution in [2.45, 2.75) is 31.8 Å². The predicted molar refractivity (Wildman–Crippen MR) is 131 cm³/mol. The Morgan fingerprint density at radius 1 is 0.909 bits per heavy atom. The maximum Gasteiger partial charge on any atom is 0.131 e. The molecule has 0 saturated carbocycles. The van der Waals surface area contributed by atoms with E-state index in [0.29, 0.717) is 6.61 Å². The first kappa shape index (κ1) is 20.6. The summed E-state index contributed by atoms with van der Waals surface area (Å²) in [6.07, 6.45) is 11.5. The van der Waals surface area contributed by atoms with Crippen molar-refractivity contribution >= 4 is 11.1 Å². The van der Waals surface area contributed by atoms with E-state index in [1.54, 1.807) is 0 Å². The van der Waals surface area contributed by atoms with Crippen LogP contribution in [0.3, 0.4) is 0 Å². The first-order valence-corrected chi connectivity index (χ1v) is 12.3. The van der Waals surface area contributed by atoms with E-state index in [4.69, 9.17) is 14.2 Å². The summed E-state index contributed by atoms with van der Waals surface area (Å²) in [5, 5.41) is 0. The topological polar surface area (TPSA) is 30.9 Å². The first-order chi connectivity index (χ1) is 16.4. The largest absolute Gasteiger partial charge is 0.493 e. The average molecular weight is 442 g/mol. The molecule has 0 radical (unpaired) electrons. The van der Waals surface area contributed by atoms with Gasteiger partial charge in [0.1, 0.15) is 36.6 Å². The molecule has 2 aromatic rings. The summed E-state index contributed by atoms with van der Waals surface area (Å²) in [7, 11) is 0. The summed E-state index contributed by atoms with van der Waals surface area (Å²) in [6.45, 7) is 4.78. The van der Waals surface area contributed by atoms with Gasteiger partial charge in [0.25, 0.3) is 0 Å². The molecule has 0 spiro atoms. The Balaban J connectivity index is 1.20. The van der Waals surface area contributed by atoms with Gasteiger partial charge in [0.05, 0.1) is 0 Å². The Morgan fingerprint density at radius 3 is 2.52 bits per heavy atom. The zero-order valence-corrected chi connectivity index (χ0v) is 19.0. The van der Waals surface area contributed by atoms with Gasteiger partial charge in [-0.3, -0.25) is 4.90 Å². The number of para-hydroxylation sites is 2. The Bertz CT molecular complexity index is 1110. The van der Waals surface area contributed by atoms with E-state index in [9.17, 15) is 0 Å². The highest BCUT2D eigenvalue weighted by molar-refractivity contribution is 5.99. The van der Waals surface area contributed by atoms with Gasteiger partial charge in [-0.05, 0) is 56.6 Å². The van der Waals surface area contributed by atoms with Gasteiger partial charge >= 0.3 is 0 Å². The lowest BCUT2D eigenvalue weighted by molar-refractivity contribution is 0.145. The van der Waals surface area contributed by atoms with E-state index in [1.165, 1.54) is 43.5 Å². The zero-order valence-electron chi connectivity index (χ0n) is 19.0. The summed E-state index contributed by atoms with van der Waals surface area (Å²) < 4.78 is 18.9. The fourth-order valence-electron chi connectivity index (χ4n) is 5.49. The Labute approximate surface area is 196 Å². The number of fused-ring (bicyclic) bond motifs is 4. The van der Waals surface area contributed by atoms with Crippen molar-refractivity contribution in [3.05, 3.63) is 83.6 Å². The molecule has 2 aromatic carbocycles. The fourth-order valence-corrected chi connectivity index (χ4v) is 5.49. The number of hydrogen-bond donors (Lipinski definition) is 0. The summed E-state index contributed by atoms with van der Waals surface area (Å²) in [5.74, 6) is 3.14. The van der Waals surface area contributed by atoms with Crippen molar-refractivity contribution in [2.24, 2.45) is 5.92 Å². The quantitative estimate of drug-likeness (QED) is 0.594. The molecule has 170 valence electrons. The SMILES string of the molecule is C1=CC([C@@H]2Oc3ccccc3C3=C2c2ccccc2OC3)CC=C1OCCN1CCCCC1. The molecule has 0 bridgehead atoms. The highest BCUT2D eigenvalue weighted by Gasteiger charge is 2.37. The van der Waals surface area contributed by atoms with Crippen LogP contribution in [-0.4, -0.2) is 43.9 Å². The minimum Gasteiger partial charge on any atom is -0.493 e. The summed E-state index contributed by atoms with van der Waals surface area (Å²) in [4.78, 5) is 2.52. The van der Waals surface area contributed by atoms with E-state index < -0.39 is 0 Å². The van der Waals surface area contributed by atoms with Crippen molar-refractivity contribution < 1.29 is 14.2 Å². The Morgan fingerprint density at radius 2 is 1.70 bits per heavy atom. The van der Waals surface area contributed by atoms with Crippen LogP contribution < -0.4 is 9.47 Å². The van der Waals surface area contributed by atoms with E-state index in [1.807, 2.05) is 12.1 Å². The smallest absolute Gasteiger partial charge is 0.131 e. The third-order valence-electron chi connectivity index (χ3n) is 7.24. The summed E-state index contributed by atoms with van der Waals surface area (Å²) in [6, 6.07) is 16.7. The second-order valence-electron chi connectivity index (χ2n) is 9.33. The van der Waals surface area contributed by atoms with Gasteiger partial charge < -0.3 is 14.2 Å². The molecule has 1 aliphatic carbocycles. The summed E-state index contributed by atoms with van der Waals surface area (Å²) in [5.41, 5.74) is 4.82. The maximum absolute atomic E-state index is 6.65. The molecular formula is C29H31NO3. The lowest BCUT2D eigenvalue weighted by Gasteiger charge is -2.38. The number of benzene rings is 2. The lowest BCUT2D eigenvalue weighted by atomic mass is 9.80. The van der Waals surface area contributed by atoms with Crippen LogP contribution in [-0.2, 0) is 4.74 Å². The van der Waals surface area contributed by atoms with Crippen molar-refractivity contribution in [1.29, 1.82) is 0 Å². The Hall–Kier alpha value is -2.98. The molecular weight excluding hydrogens is 410 g/mol. The van der Waals surface area contributed by atoms with Gasteiger partial charge in [-0.1, -0.05) is 48.9 Å². The molecule has 33 heavy (non-hydrogen) atoms. The number of likely N-dealkylation sites (tertiary alicyclic amines) is 1. The number of ether oxygens (including phenoxy) is 3. The molecule has 2 atom stereocenters. The van der Waals surface area contributed by atoms with E-state index >= 15 is 0 Å². The first-order valence-electron chi connectivity index (χ1n) is 12.3. The molecule has 4 aliphatic rings.